The lowest BCUT2D eigenvalue weighted by molar-refractivity contribution is 0.0378. The van der Waals surface area contributed by atoms with E-state index in [1.807, 2.05) is 24.3 Å². The number of morpholine rings is 1. The molecule has 0 radical (unpaired) electrons. The molecule has 2 aromatic carbocycles. The number of nitrogens with zero attached hydrogens (tertiary/aromatic N) is 3. The van der Waals surface area contributed by atoms with Crippen molar-refractivity contribution in [1.29, 1.82) is 0 Å². The Hall–Kier alpha value is -3.47. The van der Waals surface area contributed by atoms with Crippen molar-refractivity contribution in [2.75, 3.05) is 56.5 Å². The molecule has 198 valence electrons. The molecule has 1 aliphatic heterocycles. The Labute approximate surface area is 224 Å². The molecule has 0 amide bonds. The van der Waals surface area contributed by atoms with Gasteiger partial charge < -0.3 is 19.5 Å². The molecule has 2 aromatic heterocycles. The number of ether oxygens (including phenoxy) is 2. The Bertz CT molecular complexity index is 1400. The molecule has 1 fully saturated rings. The first kappa shape index (κ1) is 26.1. The van der Waals surface area contributed by atoms with Gasteiger partial charge in [-0.05, 0) is 72.9 Å². The van der Waals surface area contributed by atoms with Crippen LogP contribution in [0.3, 0.4) is 0 Å². The summed E-state index contributed by atoms with van der Waals surface area (Å²) in [6.07, 6.45) is 2.78. The molecule has 0 spiro atoms. The Kier molecular flexibility index (Phi) is 8.52. The molecule has 0 unspecified atom stereocenters. The molecule has 4 aromatic rings. The Morgan fingerprint density at radius 3 is 2.71 bits per heavy atom. The predicted octanol–water partition coefficient (Wildman–Crippen LogP) is 5.84. The maximum atomic E-state index is 14.1. The number of hydrogen-bond donors (Lipinski definition) is 2. The third-order valence-corrected chi connectivity index (χ3v) is 7.17. The van der Waals surface area contributed by atoms with Crippen molar-refractivity contribution in [2.45, 2.75) is 11.3 Å². The number of hydrogen-bond acceptors (Lipinski definition) is 8. The molecule has 0 atom stereocenters. The highest BCUT2D eigenvalue weighted by molar-refractivity contribution is 8.00. The Morgan fingerprint density at radius 1 is 1.03 bits per heavy atom. The lowest BCUT2D eigenvalue weighted by Crippen LogP contribution is -2.37. The third-order valence-electron chi connectivity index (χ3n) is 6.29. The third kappa shape index (κ3) is 6.50. The predicted molar refractivity (Wildman–Crippen MR) is 148 cm³/mol. The number of anilines is 2. The van der Waals surface area contributed by atoms with Crippen molar-refractivity contribution < 1.29 is 18.3 Å². The van der Waals surface area contributed by atoms with Crippen LogP contribution >= 0.6 is 11.9 Å². The Morgan fingerprint density at radius 2 is 1.89 bits per heavy atom. The van der Waals surface area contributed by atoms with Crippen LogP contribution in [-0.2, 0) is 4.74 Å². The molecule has 1 aliphatic rings. The molecule has 0 bridgehead atoms. The van der Waals surface area contributed by atoms with Crippen molar-refractivity contribution in [2.24, 2.45) is 0 Å². The fourth-order valence-corrected chi connectivity index (χ4v) is 4.92. The SMILES string of the molecule is COc1ncc(-c2ccc3nc(NCCCN4CCOCC4)ccc3c2)cc1NSc1ccc(F)cc1F. The van der Waals surface area contributed by atoms with Crippen molar-refractivity contribution in [3.8, 4) is 17.0 Å². The number of nitrogens with one attached hydrogen (secondary N) is 2. The number of pyridine rings is 2. The summed E-state index contributed by atoms with van der Waals surface area (Å²) >= 11 is 1.03. The van der Waals surface area contributed by atoms with E-state index in [9.17, 15) is 8.78 Å². The van der Waals surface area contributed by atoms with Gasteiger partial charge in [0.1, 0.15) is 23.1 Å². The van der Waals surface area contributed by atoms with E-state index in [0.29, 0.717) is 11.6 Å². The van der Waals surface area contributed by atoms with Crippen LogP contribution in [0.5, 0.6) is 5.88 Å². The van der Waals surface area contributed by atoms with Crippen LogP contribution in [0, 0.1) is 11.6 Å². The molecule has 2 N–H and O–H groups in total. The average Bonchev–Trinajstić information content (AvgIpc) is 2.95. The van der Waals surface area contributed by atoms with E-state index in [0.717, 1.165) is 91.7 Å². The van der Waals surface area contributed by atoms with Gasteiger partial charge in [-0.25, -0.2) is 18.7 Å². The maximum absolute atomic E-state index is 14.1. The largest absolute Gasteiger partial charge is 0.480 e. The zero-order valence-corrected chi connectivity index (χ0v) is 21.9. The number of aromatic nitrogens is 2. The lowest BCUT2D eigenvalue weighted by Gasteiger charge is -2.26. The summed E-state index contributed by atoms with van der Waals surface area (Å²) in [5.41, 5.74) is 3.30. The Balaban J connectivity index is 1.25. The van der Waals surface area contributed by atoms with Gasteiger partial charge in [0, 0.05) is 42.8 Å². The summed E-state index contributed by atoms with van der Waals surface area (Å²) in [6, 6.07) is 15.4. The van der Waals surface area contributed by atoms with Crippen molar-refractivity contribution in [3.05, 3.63) is 72.4 Å². The van der Waals surface area contributed by atoms with Gasteiger partial charge in [0.05, 0.1) is 30.7 Å². The lowest BCUT2D eigenvalue weighted by atomic mass is 10.0. The zero-order valence-electron chi connectivity index (χ0n) is 21.0. The van der Waals surface area contributed by atoms with Crippen LogP contribution < -0.4 is 14.8 Å². The number of methoxy groups -OCH3 is 1. The number of rotatable bonds is 10. The summed E-state index contributed by atoms with van der Waals surface area (Å²) in [6.45, 7) is 5.56. The second-order valence-electron chi connectivity index (χ2n) is 8.90. The monoisotopic (exact) mass is 537 g/mol. The fourth-order valence-electron chi connectivity index (χ4n) is 4.26. The van der Waals surface area contributed by atoms with E-state index in [2.05, 4.69) is 32.1 Å². The molecule has 38 heavy (non-hydrogen) atoms. The van der Waals surface area contributed by atoms with Crippen molar-refractivity contribution in [1.82, 2.24) is 14.9 Å². The first-order valence-electron chi connectivity index (χ1n) is 12.5. The highest BCUT2D eigenvalue weighted by atomic mass is 32.2. The molecule has 1 saturated heterocycles. The standard InChI is InChI=1S/C28H29F2N5O2S/c1-36-28-25(34-38-26-7-5-22(29)17-23(26)30)16-21(18-32-28)19-3-6-24-20(15-19)4-8-27(33-24)31-9-2-10-35-11-13-37-14-12-35/h3-8,15-18,34H,2,9-14H2,1H3,(H,31,33). The minimum Gasteiger partial charge on any atom is -0.480 e. The second kappa shape index (κ2) is 12.4. The van der Waals surface area contributed by atoms with E-state index < -0.39 is 11.6 Å². The van der Waals surface area contributed by atoms with Gasteiger partial charge in [-0.3, -0.25) is 4.90 Å². The van der Waals surface area contributed by atoms with Crippen LogP contribution in [0.2, 0.25) is 0 Å². The fraction of sp³-hybridized carbons (Fsp3) is 0.286. The van der Waals surface area contributed by atoms with Gasteiger partial charge in [-0.2, -0.15) is 0 Å². The zero-order chi connectivity index (χ0) is 26.3. The quantitative estimate of drug-likeness (QED) is 0.193. The van der Waals surface area contributed by atoms with Crippen LogP contribution in [-0.4, -0.2) is 61.4 Å². The first-order chi connectivity index (χ1) is 18.6. The molecule has 0 saturated carbocycles. The van der Waals surface area contributed by atoms with Gasteiger partial charge in [0.15, 0.2) is 0 Å². The highest BCUT2D eigenvalue weighted by Gasteiger charge is 2.12. The number of benzene rings is 2. The summed E-state index contributed by atoms with van der Waals surface area (Å²) in [5, 5.41) is 4.44. The van der Waals surface area contributed by atoms with Crippen molar-refractivity contribution in [3.63, 3.8) is 0 Å². The van der Waals surface area contributed by atoms with Crippen LogP contribution in [0.25, 0.3) is 22.0 Å². The van der Waals surface area contributed by atoms with E-state index in [4.69, 9.17) is 14.5 Å². The van der Waals surface area contributed by atoms with Crippen LogP contribution in [0.4, 0.5) is 20.3 Å². The summed E-state index contributed by atoms with van der Waals surface area (Å²) < 4.78 is 41.1. The minimum atomic E-state index is -0.640. The molecular weight excluding hydrogens is 508 g/mol. The topological polar surface area (TPSA) is 71.5 Å². The van der Waals surface area contributed by atoms with Gasteiger partial charge in [0.2, 0.25) is 5.88 Å². The summed E-state index contributed by atoms with van der Waals surface area (Å²) in [5.74, 6) is -0.0328. The van der Waals surface area contributed by atoms with Gasteiger partial charge in [-0.15, -0.1) is 0 Å². The van der Waals surface area contributed by atoms with Crippen LogP contribution in [0.1, 0.15) is 6.42 Å². The normalized spacial score (nSPS) is 14.0. The van der Waals surface area contributed by atoms with Gasteiger partial charge in [-0.1, -0.05) is 6.07 Å². The molecular formula is C28H29F2N5O2S. The number of fused-ring (bicyclic) bond motifs is 1. The highest BCUT2D eigenvalue weighted by Crippen LogP contribution is 2.33. The molecule has 5 rings (SSSR count). The smallest absolute Gasteiger partial charge is 0.237 e. The molecule has 10 heteroatoms. The van der Waals surface area contributed by atoms with E-state index >= 15 is 0 Å². The molecule has 0 aliphatic carbocycles. The molecule has 7 nitrogen and oxygen atoms in total. The second-order valence-corrected chi connectivity index (χ2v) is 9.75. The van der Waals surface area contributed by atoms with Crippen LogP contribution in [0.15, 0.2) is 65.7 Å². The maximum Gasteiger partial charge on any atom is 0.237 e. The minimum absolute atomic E-state index is 0.265. The summed E-state index contributed by atoms with van der Waals surface area (Å²) in [4.78, 5) is 11.9. The van der Waals surface area contributed by atoms with Gasteiger partial charge in [0.25, 0.3) is 0 Å². The van der Waals surface area contributed by atoms with Gasteiger partial charge >= 0.3 is 0 Å². The molecule has 3 heterocycles. The summed E-state index contributed by atoms with van der Waals surface area (Å²) in [7, 11) is 1.52. The average molecular weight is 538 g/mol. The van der Waals surface area contributed by atoms with Crippen molar-refractivity contribution >= 4 is 34.4 Å². The van der Waals surface area contributed by atoms with E-state index in [1.54, 1.807) is 6.20 Å². The first-order valence-corrected chi connectivity index (χ1v) is 13.3. The van der Waals surface area contributed by atoms with E-state index in [1.165, 1.54) is 19.2 Å². The van der Waals surface area contributed by atoms with E-state index in [-0.39, 0.29) is 4.90 Å². The number of halogens is 2.